The van der Waals surface area contributed by atoms with Crippen LogP contribution in [0, 0.1) is 0 Å². The van der Waals surface area contributed by atoms with E-state index >= 15 is 0 Å². The van der Waals surface area contributed by atoms with Crippen molar-refractivity contribution in [1.82, 2.24) is 4.98 Å². The molecule has 1 aromatic heterocycles. The predicted molar refractivity (Wildman–Crippen MR) is 146 cm³/mol. The summed E-state index contributed by atoms with van der Waals surface area (Å²) in [6, 6.07) is 21.9. The van der Waals surface area contributed by atoms with Crippen molar-refractivity contribution in [3.63, 3.8) is 0 Å². The fourth-order valence-corrected chi connectivity index (χ4v) is 4.28. The fourth-order valence-electron chi connectivity index (χ4n) is 4.28. The molecule has 0 saturated heterocycles. The third-order valence-electron chi connectivity index (χ3n) is 6.53. The first-order chi connectivity index (χ1) is 16.8. The predicted octanol–water partition coefficient (Wildman–Crippen LogP) is 9.01. The van der Waals surface area contributed by atoms with E-state index < -0.39 is 0 Å². The molecule has 3 aromatic rings. The summed E-state index contributed by atoms with van der Waals surface area (Å²) in [4.78, 5) is 4.68. The monoisotopic (exact) mass is 457 g/mol. The normalized spacial score (nSPS) is 11.0. The van der Waals surface area contributed by atoms with Gasteiger partial charge in [0.05, 0.1) is 6.61 Å². The van der Waals surface area contributed by atoms with Gasteiger partial charge in [-0.05, 0) is 72.6 Å². The minimum Gasteiger partial charge on any atom is -0.494 e. The minimum absolute atomic E-state index is 0.816. The Morgan fingerprint density at radius 2 is 1.18 bits per heavy atom. The lowest BCUT2D eigenvalue weighted by molar-refractivity contribution is 0.304. The summed E-state index contributed by atoms with van der Waals surface area (Å²) >= 11 is 0. The molecule has 0 aliphatic heterocycles. The van der Waals surface area contributed by atoms with Gasteiger partial charge in [-0.1, -0.05) is 101 Å². The van der Waals surface area contributed by atoms with Gasteiger partial charge in [-0.2, -0.15) is 0 Å². The number of unbranched alkanes of at least 4 members (excludes halogenated alkanes) is 7. The average Bonchev–Trinajstić information content (AvgIpc) is 2.88. The van der Waals surface area contributed by atoms with Crippen LogP contribution in [-0.4, -0.2) is 11.6 Å². The van der Waals surface area contributed by atoms with E-state index in [1.807, 2.05) is 0 Å². The Kier molecular flexibility index (Phi) is 11.7. The molecule has 0 aliphatic rings. The van der Waals surface area contributed by atoms with Gasteiger partial charge >= 0.3 is 0 Å². The van der Waals surface area contributed by atoms with Crippen molar-refractivity contribution in [1.29, 1.82) is 0 Å². The van der Waals surface area contributed by atoms with Gasteiger partial charge in [-0.3, -0.25) is 4.98 Å². The quantitative estimate of drug-likeness (QED) is 0.200. The van der Waals surface area contributed by atoms with Crippen LogP contribution in [0.2, 0.25) is 0 Å². The highest BCUT2D eigenvalue weighted by Gasteiger charge is 2.02. The lowest BCUT2D eigenvalue weighted by Gasteiger charge is -2.08. The molecule has 1 heterocycles. The maximum Gasteiger partial charge on any atom is 0.119 e. The Bertz CT molecular complexity index is 913. The Morgan fingerprint density at radius 3 is 1.85 bits per heavy atom. The van der Waals surface area contributed by atoms with Crippen molar-refractivity contribution < 1.29 is 4.74 Å². The van der Waals surface area contributed by atoms with Crippen LogP contribution in [0.4, 0.5) is 0 Å². The molecule has 182 valence electrons. The lowest BCUT2D eigenvalue weighted by Crippen LogP contribution is -1.97. The first-order valence-corrected chi connectivity index (χ1v) is 13.5. The molecular weight excluding hydrogens is 414 g/mol. The molecule has 0 radical (unpaired) electrons. The van der Waals surface area contributed by atoms with Gasteiger partial charge in [0.1, 0.15) is 5.75 Å². The third kappa shape index (κ3) is 9.33. The molecule has 2 aromatic carbocycles. The minimum atomic E-state index is 0.816. The molecular formula is C32H43NO. The van der Waals surface area contributed by atoms with Gasteiger partial charge in [0.25, 0.3) is 0 Å². The van der Waals surface area contributed by atoms with Crippen molar-refractivity contribution in [3.05, 3.63) is 83.7 Å². The fraction of sp³-hybridized carbons (Fsp3) is 0.469. The number of aryl methyl sites for hydroxylation is 3. The van der Waals surface area contributed by atoms with Crippen LogP contribution in [0.1, 0.15) is 88.5 Å². The molecule has 2 nitrogen and oxygen atoms in total. The van der Waals surface area contributed by atoms with Gasteiger partial charge in [0.2, 0.25) is 0 Å². The molecule has 3 rings (SSSR count). The molecule has 0 saturated carbocycles. The molecule has 2 heteroatoms. The molecule has 0 amide bonds. The summed E-state index contributed by atoms with van der Waals surface area (Å²) in [7, 11) is 0. The second-order valence-corrected chi connectivity index (χ2v) is 9.45. The van der Waals surface area contributed by atoms with E-state index in [4.69, 9.17) is 4.74 Å². The summed E-state index contributed by atoms with van der Waals surface area (Å²) < 4.78 is 5.92. The average molecular weight is 458 g/mol. The number of benzene rings is 2. The molecule has 0 unspecified atom stereocenters. The first-order valence-electron chi connectivity index (χ1n) is 13.5. The highest BCUT2D eigenvalue weighted by Crippen LogP contribution is 2.23. The first kappa shape index (κ1) is 26.0. The highest BCUT2D eigenvalue weighted by molar-refractivity contribution is 5.64. The van der Waals surface area contributed by atoms with Gasteiger partial charge in [0, 0.05) is 11.9 Å². The zero-order valence-electron chi connectivity index (χ0n) is 21.4. The summed E-state index contributed by atoms with van der Waals surface area (Å²) in [6.45, 7) is 5.32. The summed E-state index contributed by atoms with van der Waals surface area (Å²) in [5.74, 6) is 0.970. The smallest absolute Gasteiger partial charge is 0.119 e. The number of hydrogen-bond donors (Lipinski definition) is 0. The van der Waals surface area contributed by atoms with Crippen molar-refractivity contribution in [2.45, 2.75) is 90.9 Å². The SMILES string of the molecule is CCCCCCCCOc1ccc(-c2ccc(CCc3ccc(CCCCC)cn3)cc2)cc1. The maximum absolute atomic E-state index is 5.92. The van der Waals surface area contributed by atoms with E-state index in [2.05, 4.69) is 85.7 Å². The topological polar surface area (TPSA) is 22.1 Å². The van der Waals surface area contributed by atoms with Gasteiger partial charge in [-0.25, -0.2) is 0 Å². The van der Waals surface area contributed by atoms with E-state index in [-0.39, 0.29) is 0 Å². The second kappa shape index (κ2) is 15.3. The summed E-state index contributed by atoms with van der Waals surface area (Å²) in [6.07, 6.45) is 16.8. The summed E-state index contributed by atoms with van der Waals surface area (Å²) in [5.41, 5.74) is 6.39. The largest absolute Gasteiger partial charge is 0.494 e. The van der Waals surface area contributed by atoms with E-state index in [1.165, 1.54) is 79.3 Å². The van der Waals surface area contributed by atoms with E-state index in [9.17, 15) is 0 Å². The number of ether oxygens (including phenoxy) is 1. The number of aromatic nitrogens is 1. The van der Waals surface area contributed by atoms with Crippen LogP contribution in [0.15, 0.2) is 66.9 Å². The molecule has 0 bridgehead atoms. The maximum atomic E-state index is 5.92. The van der Waals surface area contributed by atoms with Crippen molar-refractivity contribution in [2.24, 2.45) is 0 Å². The van der Waals surface area contributed by atoms with Crippen LogP contribution in [0.25, 0.3) is 11.1 Å². The summed E-state index contributed by atoms with van der Waals surface area (Å²) in [5, 5.41) is 0. The standard InChI is InChI=1S/C32H43NO/c1-3-5-7-8-9-11-25-34-32-23-19-30(20-24-32)29-17-13-27(14-18-29)15-21-31-22-16-28(26-33-31)12-10-6-4-2/h13-14,16-20,22-24,26H,3-12,15,21,25H2,1-2H3. The molecule has 0 spiro atoms. The van der Waals surface area contributed by atoms with Gasteiger partial charge in [-0.15, -0.1) is 0 Å². The van der Waals surface area contributed by atoms with Crippen LogP contribution in [0.5, 0.6) is 5.75 Å². The van der Waals surface area contributed by atoms with E-state index in [1.54, 1.807) is 0 Å². The lowest BCUT2D eigenvalue weighted by atomic mass is 10.0. The third-order valence-corrected chi connectivity index (χ3v) is 6.53. The number of rotatable bonds is 16. The second-order valence-electron chi connectivity index (χ2n) is 9.45. The van der Waals surface area contributed by atoms with Crippen LogP contribution < -0.4 is 4.74 Å². The zero-order chi connectivity index (χ0) is 23.8. The van der Waals surface area contributed by atoms with Crippen LogP contribution in [-0.2, 0) is 19.3 Å². The Morgan fingerprint density at radius 1 is 0.559 bits per heavy atom. The highest BCUT2D eigenvalue weighted by atomic mass is 16.5. The molecule has 0 atom stereocenters. The Labute approximate surface area is 207 Å². The van der Waals surface area contributed by atoms with Crippen molar-refractivity contribution in [3.8, 4) is 16.9 Å². The van der Waals surface area contributed by atoms with Crippen LogP contribution >= 0.6 is 0 Å². The number of nitrogens with zero attached hydrogens (tertiary/aromatic N) is 1. The molecule has 0 aliphatic carbocycles. The Balaban J connectivity index is 1.40. The van der Waals surface area contributed by atoms with Gasteiger partial charge in [0.15, 0.2) is 0 Å². The Hall–Kier alpha value is -2.61. The van der Waals surface area contributed by atoms with Gasteiger partial charge < -0.3 is 4.74 Å². The zero-order valence-corrected chi connectivity index (χ0v) is 21.4. The molecule has 0 fully saturated rings. The van der Waals surface area contributed by atoms with Crippen molar-refractivity contribution >= 4 is 0 Å². The van der Waals surface area contributed by atoms with E-state index in [0.717, 1.165) is 38.0 Å². The van der Waals surface area contributed by atoms with Crippen molar-refractivity contribution in [2.75, 3.05) is 6.61 Å². The molecule has 0 N–H and O–H groups in total. The molecule has 34 heavy (non-hydrogen) atoms. The number of pyridine rings is 1. The number of hydrogen-bond acceptors (Lipinski definition) is 2. The van der Waals surface area contributed by atoms with E-state index in [0.29, 0.717) is 0 Å². The van der Waals surface area contributed by atoms with Crippen LogP contribution in [0.3, 0.4) is 0 Å².